The van der Waals surface area contributed by atoms with E-state index in [9.17, 15) is 59.4 Å². The summed E-state index contributed by atoms with van der Waals surface area (Å²) >= 11 is 5.43. The van der Waals surface area contributed by atoms with Gasteiger partial charge in [-0.15, -0.1) is 11.6 Å². The summed E-state index contributed by atoms with van der Waals surface area (Å²) in [5, 5.41) is 66.2. The fourth-order valence-corrected chi connectivity index (χ4v) is 11.2. The van der Waals surface area contributed by atoms with Crippen molar-refractivity contribution >= 4 is 81.1 Å². The van der Waals surface area contributed by atoms with Gasteiger partial charge >= 0.3 is 11.9 Å². The van der Waals surface area contributed by atoms with Gasteiger partial charge in [0.2, 0.25) is 17.7 Å². The summed E-state index contributed by atoms with van der Waals surface area (Å²) in [5.74, 6) is 3.25. The molecule has 0 fully saturated rings. The second kappa shape index (κ2) is 44.6. The zero-order valence-corrected chi connectivity index (χ0v) is 61.2. The molecule has 7 aromatic rings. The number of carbonyl (C=O) groups is 5. The van der Waals surface area contributed by atoms with E-state index < -0.39 is 21.1 Å². The Morgan fingerprint density at radius 1 is 0.472 bits per heavy atom. The zero-order valence-electron chi connectivity index (χ0n) is 60.4. The predicted octanol–water partition coefficient (Wildman–Crippen LogP) is 14.1. The number of nitrogens with two attached hydrogens (primary N) is 1. The van der Waals surface area contributed by atoms with E-state index in [1.165, 1.54) is 69.3 Å². The van der Waals surface area contributed by atoms with Crippen molar-refractivity contribution in [3.05, 3.63) is 197 Å². The van der Waals surface area contributed by atoms with Gasteiger partial charge in [0.05, 0.1) is 46.7 Å². The van der Waals surface area contributed by atoms with Crippen LogP contribution in [0.2, 0.25) is 0 Å². The van der Waals surface area contributed by atoms with Gasteiger partial charge in [0.15, 0.2) is 18.9 Å². The molecule has 8 N–H and O–H groups in total. The number of aliphatic hydroxyl groups is 1. The minimum absolute atomic E-state index is 0. The number of esters is 2. The van der Waals surface area contributed by atoms with Crippen LogP contribution in [-0.4, -0.2) is 117 Å². The van der Waals surface area contributed by atoms with Crippen LogP contribution >= 0.6 is 11.6 Å². The Hall–Kier alpha value is -11.3. The average Bonchev–Trinajstić information content (AvgIpc) is 0.848. The Kier molecular flexibility index (Phi) is 36.0. The van der Waals surface area contributed by atoms with E-state index in [4.69, 9.17) is 70.2 Å². The molecule has 5 aliphatic rings. The number of aromatic hydroxyl groups is 2. The number of ether oxygens (including phenoxy) is 9. The molecule has 30 nitrogen and oxygen atoms in total. The molecule has 5 heterocycles. The van der Waals surface area contributed by atoms with Crippen LogP contribution in [0.5, 0.6) is 40.2 Å². The molecule has 0 saturated carbocycles. The Labute approximate surface area is 630 Å². The van der Waals surface area contributed by atoms with E-state index in [2.05, 4.69) is 16.0 Å². The van der Waals surface area contributed by atoms with Crippen molar-refractivity contribution in [2.24, 2.45) is 0 Å². The number of halogens is 1. The maximum absolute atomic E-state index is 11.4. The first-order chi connectivity index (χ1) is 51.1. The van der Waals surface area contributed by atoms with Crippen LogP contribution in [0.1, 0.15) is 134 Å². The number of anilines is 4. The van der Waals surface area contributed by atoms with Crippen molar-refractivity contribution in [1.29, 1.82) is 0 Å². The van der Waals surface area contributed by atoms with Gasteiger partial charge in [0, 0.05) is 124 Å². The largest absolute Gasteiger partial charge is 0.508 e. The Balaban J connectivity index is 0.000000227. The second-order valence-electron chi connectivity index (χ2n) is 24.2. The highest BCUT2D eigenvalue weighted by atomic mass is 35.5. The molecule has 7 aromatic carbocycles. The molecule has 5 aliphatic heterocycles. The van der Waals surface area contributed by atoms with Crippen molar-refractivity contribution in [3.63, 3.8) is 0 Å². The third-order valence-corrected chi connectivity index (χ3v) is 16.2. The molecule has 0 radical (unpaired) electrons. The van der Waals surface area contributed by atoms with Crippen molar-refractivity contribution in [2.75, 3.05) is 48.1 Å². The number of aliphatic hydroxyl groups excluding tert-OH is 1. The van der Waals surface area contributed by atoms with Crippen molar-refractivity contribution in [2.45, 2.75) is 170 Å². The summed E-state index contributed by atoms with van der Waals surface area (Å²) < 4.78 is 48.7. The molecule has 0 aliphatic carbocycles. The van der Waals surface area contributed by atoms with Gasteiger partial charge in [-0.25, -0.2) is 0 Å². The standard InChI is InChI=1S/C15H19NO4.2C13H17NO3.C11H13NO4.C11H13NO3.C7H6ClNO3.C6H5NO3.CH4/c1-3-19-15(18)9-13-6-4-11-8-12(16-10(2)17)5-7-14(11)20-13;1-3-16-13-7-4-10-8-11(14-9(2)15)5-6-12(10)17-13;1-2-16-13(15)8-11-5-3-9-7-10(14)4-6-12(9)17-11;1-2-15-11-6-3-8-7-9(12(13)14)4-5-10(8)16-11;1-7(13)12-9-3-4-10-8(6-9)2-5-11(14)15-10;8-4-5-3-6(9(11)12)1-2-7(5)10;8-6-3-1-5(2-4-6)7(9)10;/h5,7-8,13H,3-4,6,9H2,1-2H3,(H,16,17);5-6,8,13H,3-4,7H2,1-2H3,(H,14,15);4,6-7,11H,2-3,5,8,14H2,1H3;4-5,7,11H,2-3,6H2,1H3;3-4,6,11,14H,2,5H2,1H3,(H,12,13);1-3,10H,4H2;1-4,8H;1H4. The van der Waals surface area contributed by atoms with Gasteiger partial charge in [-0.1, -0.05) is 7.43 Å². The number of nitro benzene ring substituents is 3. The highest BCUT2D eigenvalue weighted by Crippen LogP contribution is 2.36. The zero-order chi connectivity index (χ0) is 78.1. The Bertz CT molecular complexity index is 4160. The Morgan fingerprint density at radius 3 is 1.25 bits per heavy atom. The number of rotatable bonds is 17. The van der Waals surface area contributed by atoms with Crippen LogP contribution in [0.15, 0.2) is 133 Å². The van der Waals surface area contributed by atoms with Crippen LogP contribution in [0.25, 0.3) is 0 Å². The van der Waals surface area contributed by atoms with Crippen molar-refractivity contribution < 1.29 is 96.7 Å². The smallest absolute Gasteiger partial charge is 0.309 e. The van der Waals surface area contributed by atoms with E-state index in [0.717, 1.165) is 126 Å². The number of hydrogen-bond acceptors (Lipinski definition) is 24. The summed E-state index contributed by atoms with van der Waals surface area (Å²) in [5.41, 5.74) is 14.4. The number of amides is 3. The van der Waals surface area contributed by atoms with Crippen LogP contribution in [-0.2, 0) is 80.9 Å². The summed E-state index contributed by atoms with van der Waals surface area (Å²) in [4.78, 5) is 85.1. The lowest BCUT2D eigenvalue weighted by atomic mass is 10.00. The molecule has 5 unspecified atom stereocenters. The molecule has 108 heavy (non-hydrogen) atoms. The number of phenolic OH excluding ortho intramolecular Hbond substituents is 2. The maximum Gasteiger partial charge on any atom is 0.309 e. The third-order valence-electron chi connectivity index (χ3n) is 15.9. The highest BCUT2D eigenvalue weighted by molar-refractivity contribution is 6.17. The summed E-state index contributed by atoms with van der Waals surface area (Å²) in [6, 6.07) is 35.7. The summed E-state index contributed by atoms with van der Waals surface area (Å²) in [6.07, 6.45) is 7.25. The third kappa shape index (κ3) is 29.5. The normalized spacial score (nSPS) is 16.1. The van der Waals surface area contributed by atoms with Gasteiger partial charge in [0.1, 0.15) is 52.5 Å². The summed E-state index contributed by atoms with van der Waals surface area (Å²) in [7, 11) is 0. The van der Waals surface area contributed by atoms with Crippen LogP contribution in [0.4, 0.5) is 39.8 Å². The number of benzene rings is 7. The lowest BCUT2D eigenvalue weighted by molar-refractivity contribution is -0.385. The van der Waals surface area contributed by atoms with Gasteiger partial charge in [-0.2, -0.15) is 0 Å². The minimum atomic E-state index is -0.705. The number of non-ortho nitro benzene ring substituents is 3. The quantitative estimate of drug-likeness (QED) is 0.0146. The molecule has 31 heteroatoms. The minimum Gasteiger partial charge on any atom is -0.508 e. The highest BCUT2D eigenvalue weighted by Gasteiger charge is 2.27. The van der Waals surface area contributed by atoms with E-state index in [0.29, 0.717) is 56.3 Å². The van der Waals surface area contributed by atoms with Crippen LogP contribution in [0, 0.1) is 30.3 Å². The van der Waals surface area contributed by atoms with E-state index >= 15 is 0 Å². The van der Waals surface area contributed by atoms with Crippen LogP contribution in [0.3, 0.4) is 0 Å². The number of phenols is 2. The maximum atomic E-state index is 11.4. The molecule has 0 bridgehead atoms. The molecule has 0 saturated heterocycles. The van der Waals surface area contributed by atoms with Gasteiger partial charge in [-0.05, 0) is 192 Å². The number of nitrogens with one attached hydrogen (secondary N) is 3. The van der Waals surface area contributed by atoms with Crippen molar-refractivity contribution in [1.82, 2.24) is 0 Å². The monoisotopic (exact) mass is 1520 g/mol. The Morgan fingerprint density at radius 2 is 0.833 bits per heavy atom. The van der Waals surface area contributed by atoms with Gasteiger partial charge in [0.25, 0.3) is 17.1 Å². The number of nitro groups is 3. The van der Waals surface area contributed by atoms with Gasteiger partial charge in [-0.3, -0.25) is 54.3 Å². The molecule has 5 atom stereocenters. The topological polar surface area (TPSA) is 421 Å². The molecule has 0 spiro atoms. The molecular weight excluding hydrogens is 1430 g/mol. The average molecular weight is 1520 g/mol. The molecule has 0 aromatic heterocycles. The second-order valence-corrected chi connectivity index (χ2v) is 24.4. The van der Waals surface area contributed by atoms with E-state index in [1.807, 2.05) is 68.4 Å². The molecule has 12 rings (SSSR count). The molecular formula is C77H94ClN7O23. The fraction of sp³-hybridized carbons (Fsp3) is 0.390. The number of nitrogens with zero attached hydrogens (tertiary/aromatic N) is 3. The SMILES string of the molecule is C.CC(=O)Nc1ccc2c(c1)CCC(O)O2.CCOC(=O)CC1CCc2cc(N)ccc2O1.CCOC(=O)CC1CCc2cc(NC(C)=O)ccc2O1.CCOC1CCc2cc(NC(C)=O)ccc2O1.CCOC1CCc2cc([N+](=O)[O-])ccc2O1.O=[N+]([O-])c1ccc(O)c(CCl)c1.O=[N+]([O-])c1ccc(O)cc1. The number of alkyl halides is 1. The summed E-state index contributed by atoms with van der Waals surface area (Å²) in [6.45, 7) is 14.0. The van der Waals surface area contributed by atoms with E-state index in [1.54, 1.807) is 44.2 Å². The first-order valence-corrected chi connectivity index (χ1v) is 35.1. The van der Waals surface area contributed by atoms with Gasteiger partial charge < -0.3 is 79.6 Å². The fourth-order valence-electron chi connectivity index (χ4n) is 11.0. The van der Waals surface area contributed by atoms with E-state index in [-0.39, 0.29) is 103 Å². The van der Waals surface area contributed by atoms with Crippen molar-refractivity contribution in [3.8, 4) is 40.2 Å². The predicted molar refractivity (Wildman–Crippen MR) is 404 cm³/mol. The number of aryl methyl sites for hydroxylation is 5. The number of nitrogen functional groups attached to an aromatic ring is 1. The first kappa shape index (κ1) is 87.3. The number of carbonyl (C=O) groups excluding carboxylic acids is 5. The number of hydrogen-bond donors (Lipinski definition) is 7. The number of fused-ring (bicyclic) bond motifs is 5. The van der Waals surface area contributed by atoms with Crippen LogP contribution < -0.4 is 45.4 Å². The first-order valence-electron chi connectivity index (χ1n) is 34.5. The molecule has 582 valence electrons. The molecule has 3 amide bonds. The lowest BCUT2D eigenvalue weighted by Gasteiger charge is -2.26. The lowest BCUT2D eigenvalue weighted by Crippen LogP contribution is -2.26.